The van der Waals surface area contributed by atoms with E-state index >= 15 is 4.39 Å². The predicted octanol–water partition coefficient (Wildman–Crippen LogP) is 4.04. The van der Waals surface area contributed by atoms with Gasteiger partial charge in [0, 0.05) is 32.1 Å². The summed E-state index contributed by atoms with van der Waals surface area (Å²) in [5, 5.41) is 2.88. The Balaban J connectivity index is 2.12. The maximum atomic E-state index is 15.2. The van der Waals surface area contributed by atoms with Gasteiger partial charge >= 0.3 is 0 Å². The molecule has 158 valence electrons. The number of aliphatic imine (C=N–C) groups is 3. The summed E-state index contributed by atoms with van der Waals surface area (Å²) in [6.45, 7) is 2.15. The average Bonchev–Trinajstić information content (AvgIpc) is 2.67. The molecule has 0 radical (unpaired) electrons. The number of rotatable bonds is 10. The third-order valence-corrected chi connectivity index (χ3v) is 4.81. The third kappa shape index (κ3) is 7.77. The van der Waals surface area contributed by atoms with E-state index in [1.807, 2.05) is 13.0 Å². The van der Waals surface area contributed by atoms with Crippen LogP contribution in [0.2, 0.25) is 0 Å². The van der Waals surface area contributed by atoms with Crippen molar-refractivity contribution >= 4 is 18.8 Å². The molecule has 0 aromatic carbocycles. The fraction of sp³-hybridized carbons (Fsp3) is 0.500. The molecule has 0 heterocycles. The van der Waals surface area contributed by atoms with Crippen LogP contribution in [0.4, 0.5) is 4.39 Å². The second-order valence-electron chi connectivity index (χ2n) is 6.98. The summed E-state index contributed by atoms with van der Waals surface area (Å²) in [7, 11) is 1.66. The number of hydrogen-bond acceptors (Lipinski definition) is 5. The molecular weight excluding hydrogens is 369 g/mol. The zero-order valence-electron chi connectivity index (χ0n) is 17.3. The number of halogens is 1. The van der Waals surface area contributed by atoms with E-state index < -0.39 is 12.1 Å². The van der Waals surface area contributed by atoms with Gasteiger partial charge < -0.3 is 15.8 Å². The molecule has 2 atom stereocenters. The van der Waals surface area contributed by atoms with E-state index in [-0.39, 0.29) is 12.6 Å². The molecule has 7 heteroatoms. The highest BCUT2D eigenvalue weighted by molar-refractivity contribution is 5.68. The summed E-state index contributed by atoms with van der Waals surface area (Å²) < 4.78 is 20.9. The molecule has 3 N–H and O–H groups in total. The lowest BCUT2D eigenvalue weighted by atomic mass is 9.77. The molecule has 0 unspecified atom stereocenters. The van der Waals surface area contributed by atoms with Gasteiger partial charge in [0.2, 0.25) is 0 Å². The molecule has 0 amide bonds. The van der Waals surface area contributed by atoms with Crippen LogP contribution in [0.15, 0.2) is 62.6 Å². The van der Waals surface area contributed by atoms with Gasteiger partial charge in [0.15, 0.2) is 12.6 Å². The van der Waals surface area contributed by atoms with Crippen LogP contribution < -0.4 is 11.1 Å². The van der Waals surface area contributed by atoms with Gasteiger partial charge in [0.25, 0.3) is 0 Å². The highest BCUT2D eigenvalue weighted by Gasteiger charge is 2.26. The maximum Gasteiger partial charge on any atom is 0.159 e. The topological polar surface area (TPSA) is 84.4 Å². The second-order valence-corrected chi connectivity index (χ2v) is 6.98. The standard InChI is InChI=1S/C22H32FN5O/c1-3-11-28-21(24)10-12-26-14-19-9-5-8-18(17-6-4-7-17)13-20(22(19)23)29-16-27-15-25-2/h5,8-12,14-15,17,19,21H,3-4,6-7,13,16,24H2,1-2H3,(H,25,27)/b9-5?,12-10?,18-8+,22-20?,26-14?,28-11?/t19-,21-/m1/s1. The molecule has 6 nitrogen and oxygen atoms in total. The molecule has 1 fully saturated rings. The number of nitrogens with one attached hydrogen (secondary N) is 1. The minimum absolute atomic E-state index is 0.163. The van der Waals surface area contributed by atoms with Crippen molar-refractivity contribution in [2.24, 2.45) is 32.5 Å². The van der Waals surface area contributed by atoms with Crippen molar-refractivity contribution in [3.63, 3.8) is 0 Å². The summed E-state index contributed by atoms with van der Waals surface area (Å²) in [4.78, 5) is 12.1. The van der Waals surface area contributed by atoms with Crippen molar-refractivity contribution in [2.45, 2.75) is 45.2 Å². The Hall–Kier alpha value is -2.54. The van der Waals surface area contributed by atoms with Gasteiger partial charge in [-0.25, -0.2) is 4.39 Å². The van der Waals surface area contributed by atoms with Gasteiger partial charge in [-0.15, -0.1) is 0 Å². The molecule has 2 aliphatic carbocycles. The smallest absolute Gasteiger partial charge is 0.159 e. The van der Waals surface area contributed by atoms with Gasteiger partial charge in [-0.1, -0.05) is 37.1 Å². The van der Waals surface area contributed by atoms with E-state index in [1.165, 1.54) is 18.3 Å². The molecule has 0 bridgehead atoms. The molecular formula is C22H32FN5O. The highest BCUT2D eigenvalue weighted by Crippen LogP contribution is 2.38. The van der Waals surface area contributed by atoms with Crippen molar-refractivity contribution in [1.82, 2.24) is 5.32 Å². The summed E-state index contributed by atoms with van der Waals surface area (Å²) in [6, 6.07) is 0. The van der Waals surface area contributed by atoms with Crippen molar-refractivity contribution in [2.75, 3.05) is 13.8 Å². The fourth-order valence-electron chi connectivity index (χ4n) is 3.01. The molecule has 29 heavy (non-hydrogen) atoms. The first kappa shape index (κ1) is 22.7. The van der Waals surface area contributed by atoms with E-state index in [4.69, 9.17) is 10.5 Å². The second kappa shape index (κ2) is 12.8. The zero-order valence-corrected chi connectivity index (χ0v) is 17.3. The first-order valence-corrected chi connectivity index (χ1v) is 10.2. The quantitative estimate of drug-likeness (QED) is 0.251. The van der Waals surface area contributed by atoms with Crippen LogP contribution in [0.1, 0.15) is 39.0 Å². The number of nitrogens with zero attached hydrogens (tertiary/aromatic N) is 3. The number of ether oxygens (including phenoxy) is 1. The lowest BCUT2D eigenvalue weighted by molar-refractivity contribution is 0.184. The summed E-state index contributed by atoms with van der Waals surface area (Å²) in [5.74, 6) is -0.0559. The van der Waals surface area contributed by atoms with Crippen LogP contribution in [0.25, 0.3) is 0 Å². The first-order chi connectivity index (χ1) is 14.2. The number of allylic oxidation sites excluding steroid dienone is 5. The lowest BCUT2D eigenvalue weighted by Crippen LogP contribution is -2.20. The minimum Gasteiger partial charge on any atom is -0.475 e. The van der Waals surface area contributed by atoms with E-state index in [0.29, 0.717) is 18.1 Å². The van der Waals surface area contributed by atoms with Gasteiger partial charge in [-0.05, 0) is 31.3 Å². The number of nitrogens with two attached hydrogens (primary N) is 1. The van der Waals surface area contributed by atoms with Crippen molar-refractivity contribution in [3.05, 3.63) is 47.7 Å². The Morgan fingerprint density at radius 1 is 1.41 bits per heavy atom. The third-order valence-electron chi connectivity index (χ3n) is 4.81. The van der Waals surface area contributed by atoms with Gasteiger partial charge in [-0.3, -0.25) is 15.0 Å². The molecule has 0 saturated heterocycles. The number of hydrogen-bond donors (Lipinski definition) is 2. The van der Waals surface area contributed by atoms with Crippen LogP contribution in [-0.2, 0) is 4.74 Å². The molecule has 0 aromatic rings. The average molecular weight is 402 g/mol. The molecule has 2 aliphatic rings. The van der Waals surface area contributed by atoms with Crippen molar-refractivity contribution in [3.8, 4) is 0 Å². The van der Waals surface area contributed by atoms with Crippen molar-refractivity contribution in [1.29, 1.82) is 0 Å². The highest BCUT2D eigenvalue weighted by atomic mass is 19.1. The Labute approximate surface area is 172 Å². The van der Waals surface area contributed by atoms with Gasteiger partial charge in [0.1, 0.15) is 11.9 Å². The van der Waals surface area contributed by atoms with Crippen LogP contribution >= 0.6 is 0 Å². The van der Waals surface area contributed by atoms with Crippen LogP contribution in [0.3, 0.4) is 0 Å². The van der Waals surface area contributed by atoms with Gasteiger partial charge in [-0.2, -0.15) is 0 Å². The molecule has 2 rings (SSSR count). The maximum absolute atomic E-state index is 15.2. The van der Waals surface area contributed by atoms with Crippen molar-refractivity contribution < 1.29 is 9.13 Å². The largest absolute Gasteiger partial charge is 0.475 e. The van der Waals surface area contributed by atoms with Gasteiger partial charge in [0.05, 0.1) is 12.3 Å². The molecule has 1 saturated carbocycles. The van der Waals surface area contributed by atoms with Crippen LogP contribution in [0.5, 0.6) is 0 Å². The normalized spacial score (nSPS) is 24.1. The summed E-state index contributed by atoms with van der Waals surface area (Å²) in [5.41, 5.74) is 7.03. The first-order valence-electron chi connectivity index (χ1n) is 10.2. The van der Waals surface area contributed by atoms with Crippen LogP contribution in [-0.4, -0.2) is 38.7 Å². The molecule has 0 aliphatic heterocycles. The van der Waals surface area contributed by atoms with E-state index in [1.54, 1.807) is 37.8 Å². The van der Waals surface area contributed by atoms with Crippen LogP contribution in [0, 0.1) is 11.8 Å². The monoisotopic (exact) mass is 401 g/mol. The van der Waals surface area contributed by atoms with E-state index in [9.17, 15) is 0 Å². The molecule has 0 spiro atoms. The predicted molar refractivity (Wildman–Crippen MR) is 119 cm³/mol. The Bertz CT molecular complexity index is 717. The SMILES string of the molecule is CCC=N[C@@H](N)C=CN=C[C@H]1C=C/C=C(/C2CCC2)CC(OCNC=NC)=C1F. The summed E-state index contributed by atoms with van der Waals surface area (Å²) >= 11 is 0. The fourth-order valence-corrected chi connectivity index (χ4v) is 3.01. The summed E-state index contributed by atoms with van der Waals surface area (Å²) in [6.07, 6.45) is 18.2. The molecule has 0 aromatic heterocycles. The zero-order chi connectivity index (χ0) is 20.9. The lowest BCUT2D eigenvalue weighted by Gasteiger charge is -2.29. The Morgan fingerprint density at radius 2 is 2.24 bits per heavy atom. The van der Waals surface area contributed by atoms with E-state index in [2.05, 4.69) is 26.4 Å². The minimum atomic E-state index is -0.593. The Morgan fingerprint density at radius 3 is 2.93 bits per heavy atom. The van der Waals surface area contributed by atoms with E-state index in [0.717, 1.165) is 19.3 Å². The Kier molecular flexibility index (Phi) is 10.1.